The molecule has 150 valence electrons. The number of thiocarbonyl (C=S) groups is 1. The summed E-state index contributed by atoms with van der Waals surface area (Å²) in [6, 6.07) is 20.0. The van der Waals surface area contributed by atoms with Gasteiger partial charge in [-0.2, -0.15) is 0 Å². The molecule has 0 atom stereocenters. The number of benzene rings is 3. The van der Waals surface area contributed by atoms with Crippen LogP contribution in [0.15, 0.2) is 75.6 Å². The van der Waals surface area contributed by atoms with E-state index in [4.69, 9.17) is 21.4 Å². The smallest absolute Gasteiger partial charge is 0.258 e. The molecule has 0 saturated heterocycles. The summed E-state index contributed by atoms with van der Waals surface area (Å²) in [5.74, 6) is 0.938. The number of nitrogens with one attached hydrogen (secondary N) is 2. The van der Waals surface area contributed by atoms with Gasteiger partial charge in [-0.3, -0.25) is 10.1 Å². The molecule has 4 aromatic rings. The Labute approximate surface area is 186 Å². The highest BCUT2D eigenvalue weighted by Crippen LogP contribution is 2.27. The topological polar surface area (TPSA) is 76.4 Å². The standard InChI is InChI=1S/C22H16BrN3O3S/c1-28-15-10-11-19-18(12-15)25-21(29-19)13-6-8-14(9-7-13)24-22(30)26-20(27)16-4-2-3-5-17(16)23/h2-12H,1H3,(H2,24,26,27,30). The quantitative estimate of drug-likeness (QED) is 0.380. The van der Waals surface area contributed by atoms with Gasteiger partial charge in [0.25, 0.3) is 5.91 Å². The number of hydrogen-bond donors (Lipinski definition) is 2. The lowest BCUT2D eigenvalue weighted by Gasteiger charge is -2.10. The number of halogens is 1. The molecular formula is C22H16BrN3O3S. The van der Waals surface area contributed by atoms with Crippen LogP contribution in [-0.4, -0.2) is 23.1 Å². The highest BCUT2D eigenvalue weighted by molar-refractivity contribution is 9.10. The molecule has 0 unspecified atom stereocenters. The van der Waals surface area contributed by atoms with E-state index in [2.05, 4.69) is 31.5 Å². The normalized spacial score (nSPS) is 10.6. The van der Waals surface area contributed by atoms with Crippen LogP contribution in [0.25, 0.3) is 22.6 Å². The van der Waals surface area contributed by atoms with Crippen molar-refractivity contribution in [2.45, 2.75) is 0 Å². The minimum atomic E-state index is -0.293. The molecule has 0 radical (unpaired) electrons. The fraction of sp³-hybridized carbons (Fsp3) is 0.0455. The van der Waals surface area contributed by atoms with E-state index in [1.807, 2.05) is 48.5 Å². The summed E-state index contributed by atoms with van der Waals surface area (Å²) in [7, 11) is 1.61. The van der Waals surface area contributed by atoms with Gasteiger partial charge < -0.3 is 14.5 Å². The van der Waals surface area contributed by atoms with Crippen molar-refractivity contribution in [1.82, 2.24) is 10.3 Å². The summed E-state index contributed by atoms with van der Waals surface area (Å²) in [4.78, 5) is 16.8. The summed E-state index contributed by atoms with van der Waals surface area (Å²) < 4.78 is 11.7. The Morgan fingerprint density at radius 3 is 2.60 bits per heavy atom. The maximum Gasteiger partial charge on any atom is 0.258 e. The number of amides is 1. The average molecular weight is 482 g/mol. The summed E-state index contributed by atoms with van der Waals surface area (Å²) in [6.45, 7) is 0. The summed E-state index contributed by atoms with van der Waals surface area (Å²) in [5, 5.41) is 5.87. The van der Waals surface area contributed by atoms with Gasteiger partial charge in [-0.15, -0.1) is 0 Å². The van der Waals surface area contributed by atoms with Crippen LogP contribution in [0.5, 0.6) is 5.75 Å². The number of carbonyl (C=O) groups is 1. The summed E-state index contributed by atoms with van der Waals surface area (Å²) in [6.07, 6.45) is 0. The maximum atomic E-state index is 12.3. The molecule has 0 fully saturated rings. The Bertz CT molecular complexity index is 1240. The molecule has 1 heterocycles. The number of methoxy groups -OCH3 is 1. The number of rotatable bonds is 4. The first-order valence-corrected chi connectivity index (χ1v) is 10.2. The van der Waals surface area contributed by atoms with E-state index in [1.54, 1.807) is 25.3 Å². The summed E-state index contributed by atoms with van der Waals surface area (Å²) >= 11 is 8.61. The van der Waals surface area contributed by atoms with Crippen molar-refractivity contribution < 1.29 is 13.9 Å². The Kier molecular flexibility index (Phi) is 5.78. The Balaban J connectivity index is 1.44. The number of aromatic nitrogens is 1. The monoisotopic (exact) mass is 481 g/mol. The van der Waals surface area contributed by atoms with E-state index in [1.165, 1.54) is 0 Å². The second-order valence-corrected chi connectivity index (χ2v) is 7.58. The van der Waals surface area contributed by atoms with Crippen LogP contribution in [0.4, 0.5) is 5.69 Å². The van der Waals surface area contributed by atoms with Crippen LogP contribution in [-0.2, 0) is 0 Å². The zero-order valence-electron chi connectivity index (χ0n) is 15.8. The third-order valence-corrected chi connectivity index (χ3v) is 5.23. The zero-order valence-corrected chi connectivity index (χ0v) is 18.2. The second kappa shape index (κ2) is 8.64. The Morgan fingerprint density at radius 1 is 1.10 bits per heavy atom. The number of oxazole rings is 1. The first kappa shape index (κ1) is 20.1. The summed E-state index contributed by atoms with van der Waals surface area (Å²) in [5.41, 5.74) is 3.46. The van der Waals surface area contributed by atoms with Gasteiger partial charge in [-0.1, -0.05) is 12.1 Å². The van der Waals surface area contributed by atoms with Crippen LogP contribution in [0.3, 0.4) is 0 Å². The largest absolute Gasteiger partial charge is 0.497 e. The molecule has 0 aliphatic rings. The number of ether oxygens (including phenoxy) is 1. The van der Waals surface area contributed by atoms with Crippen molar-refractivity contribution in [3.63, 3.8) is 0 Å². The lowest BCUT2D eigenvalue weighted by Crippen LogP contribution is -2.34. The van der Waals surface area contributed by atoms with Gasteiger partial charge in [0.2, 0.25) is 5.89 Å². The fourth-order valence-electron chi connectivity index (χ4n) is 2.83. The first-order valence-electron chi connectivity index (χ1n) is 8.95. The van der Waals surface area contributed by atoms with E-state index >= 15 is 0 Å². The predicted octanol–water partition coefficient (Wildman–Crippen LogP) is 5.39. The molecule has 8 heteroatoms. The molecule has 6 nitrogen and oxygen atoms in total. The Morgan fingerprint density at radius 2 is 1.87 bits per heavy atom. The van der Waals surface area contributed by atoms with E-state index in [-0.39, 0.29) is 11.0 Å². The van der Waals surface area contributed by atoms with Crippen LogP contribution < -0.4 is 15.4 Å². The molecule has 0 bridgehead atoms. The van der Waals surface area contributed by atoms with Crippen molar-refractivity contribution in [2.75, 3.05) is 12.4 Å². The first-order chi connectivity index (χ1) is 14.5. The molecule has 1 amide bonds. The minimum Gasteiger partial charge on any atom is -0.497 e. The van der Waals surface area contributed by atoms with Gasteiger partial charge in [0.05, 0.1) is 12.7 Å². The van der Waals surface area contributed by atoms with Crippen LogP contribution in [0, 0.1) is 0 Å². The molecule has 0 aliphatic heterocycles. The molecule has 0 saturated carbocycles. The van der Waals surface area contributed by atoms with Crippen molar-refractivity contribution >= 4 is 56.0 Å². The molecule has 30 heavy (non-hydrogen) atoms. The van der Waals surface area contributed by atoms with Crippen molar-refractivity contribution in [1.29, 1.82) is 0 Å². The van der Waals surface area contributed by atoms with Crippen LogP contribution >= 0.6 is 28.1 Å². The van der Waals surface area contributed by atoms with Crippen molar-refractivity contribution in [3.8, 4) is 17.2 Å². The maximum absolute atomic E-state index is 12.3. The number of nitrogens with zero attached hydrogens (tertiary/aromatic N) is 1. The SMILES string of the molecule is COc1ccc2oc(-c3ccc(NC(=S)NC(=O)c4ccccc4Br)cc3)nc2c1. The van der Waals surface area contributed by atoms with Crippen molar-refractivity contribution in [3.05, 3.63) is 76.8 Å². The Hall–Kier alpha value is -3.23. The second-order valence-electron chi connectivity index (χ2n) is 6.32. The van der Waals surface area contributed by atoms with Crippen molar-refractivity contribution in [2.24, 2.45) is 0 Å². The third kappa shape index (κ3) is 4.34. The minimum absolute atomic E-state index is 0.206. The molecule has 4 rings (SSSR count). The molecule has 2 N–H and O–H groups in total. The number of carbonyl (C=O) groups excluding carboxylic acids is 1. The number of fused-ring (bicyclic) bond motifs is 1. The zero-order chi connectivity index (χ0) is 21.1. The fourth-order valence-corrected chi connectivity index (χ4v) is 3.51. The van der Waals surface area contributed by atoms with E-state index in [0.29, 0.717) is 21.5 Å². The molecular weight excluding hydrogens is 466 g/mol. The molecule has 1 aromatic heterocycles. The van der Waals surface area contributed by atoms with E-state index in [9.17, 15) is 4.79 Å². The highest BCUT2D eigenvalue weighted by Gasteiger charge is 2.12. The average Bonchev–Trinajstić information content (AvgIpc) is 3.17. The third-order valence-electron chi connectivity index (χ3n) is 4.33. The lowest BCUT2D eigenvalue weighted by molar-refractivity contribution is 0.0977. The number of anilines is 1. The van der Waals surface area contributed by atoms with Gasteiger partial charge in [-0.05, 0) is 76.7 Å². The van der Waals surface area contributed by atoms with Crippen LogP contribution in [0.1, 0.15) is 10.4 Å². The molecule has 0 aliphatic carbocycles. The van der Waals surface area contributed by atoms with E-state index in [0.717, 1.165) is 22.5 Å². The van der Waals surface area contributed by atoms with E-state index < -0.39 is 0 Å². The van der Waals surface area contributed by atoms with Gasteiger partial charge >= 0.3 is 0 Å². The van der Waals surface area contributed by atoms with Crippen LogP contribution in [0.2, 0.25) is 0 Å². The number of hydrogen-bond acceptors (Lipinski definition) is 5. The lowest BCUT2D eigenvalue weighted by atomic mass is 10.2. The van der Waals surface area contributed by atoms with Gasteiger partial charge in [-0.25, -0.2) is 4.98 Å². The highest BCUT2D eigenvalue weighted by atomic mass is 79.9. The van der Waals surface area contributed by atoms with Gasteiger partial charge in [0.15, 0.2) is 10.7 Å². The molecule has 0 spiro atoms. The predicted molar refractivity (Wildman–Crippen MR) is 124 cm³/mol. The van der Waals surface area contributed by atoms with Gasteiger partial charge in [0.1, 0.15) is 11.3 Å². The molecule has 3 aromatic carbocycles. The van der Waals surface area contributed by atoms with Gasteiger partial charge in [0, 0.05) is 21.8 Å².